The molecule has 27 heavy (non-hydrogen) atoms. The second kappa shape index (κ2) is 9.11. The van der Waals surface area contributed by atoms with Gasteiger partial charge in [-0.05, 0) is 37.1 Å². The van der Waals surface area contributed by atoms with Crippen LogP contribution in [0.25, 0.3) is 0 Å². The van der Waals surface area contributed by atoms with Gasteiger partial charge in [0.1, 0.15) is 17.9 Å². The molecule has 1 N–H and O–H groups in total. The van der Waals surface area contributed by atoms with E-state index in [-0.39, 0.29) is 24.2 Å². The zero-order chi connectivity index (χ0) is 20.0. The topological polar surface area (TPSA) is 92.8 Å². The largest absolute Gasteiger partial charge is 0.486 e. The van der Waals surface area contributed by atoms with Gasteiger partial charge in [-0.15, -0.1) is 10.2 Å². The number of hydrogen-bond donors (Lipinski definition) is 1. The average Bonchev–Trinajstić information content (AvgIpc) is 2.99. The third-order valence-electron chi connectivity index (χ3n) is 4.23. The molecule has 0 aliphatic carbocycles. The number of benzene rings is 1. The number of carbonyl (C=O) groups is 1. The predicted octanol–water partition coefficient (Wildman–Crippen LogP) is 3.19. The van der Waals surface area contributed by atoms with E-state index in [1.165, 1.54) is 11.8 Å². The summed E-state index contributed by atoms with van der Waals surface area (Å²) in [7, 11) is 1.81. The van der Waals surface area contributed by atoms with Crippen LogP contribution in [0.1, 0.15) is 26.6 Å². The summed E-state index contributed by atoms with van der Waals surface area (Å²) in [5, 5.41) is 21.5. The molecule has 0 unspecified atom stereocenters. The van der Waals surface area contributed by atoms with Crippen molar-refractivity contribution in [2.45, 2.75) is 38.1 Å². The van der Waals surface area contributed by atoms with Crippen LogP contribution >= 0.6 is 23.4 Å². The first-order valence-corrected chi connectivity index (χ1v) is 9.73. The Balaban J connectivity index is 1.90. The zero-order valence-corrected chi connectivity index (χ0v) is 17.3. The van der Waals surface area contributed by atoms with Crippen LogP contribution in [-0.2, 0) is 18.4 Å². The molecule has 0 aliphatic rings. The van der Waals surface area contributed by atoms with Crippen LogP contribution in [0.4, 0.5) is 0 Å². The molecule has 2 rings (SSSR count). The first-order valence-electron chi connectivity index (χ1n) is 8.37. The maximum Gasteiger partial charge on any atom is 0.231 e. The third kappa shape index (κ3) is 5.62. The number of halogens is 1. The molecular weight excluding hydrogens is 386 g/mol. The summed E-state index contributed by atoms with van der Waals surface area (Å²) in [6.45, 7) is 5.76. The second-order valence-corrected chi connectivity index (χ2v) is 7.89. The maximum atomic E-state index is 12.2. The number of hydrogen-bond acceptors (Lipinski definition) is 6. The number of aromatic nitrogens is 3. The van der Waals surface area contributed by atoms with Gasteiger partial charge in [-0.25, -0.2) is 0 Å². The minimum atomic E-state index is -0.894. The highest BCUT2D eigenvalue weighted by Gasteiger charge is 2.30. The van der Waals surface area contributed by atoms with Crippen molar-refractivity contribution >= 4 is 29.3 Å². The van der Waals surface area contributed by atoms with Crippen LogP contribution in [0.5, 0.6) is 5.75 Å². The smallest absolute Gasteiger partial charge is 0.231 e. The van der Waals surface area contributed by atoms with Crippen molar-refractivity contribution in [3.63, 3.8) is 0 Å². The van der Waals surface area contributed by atoms with E-state index in [9.17, 15) is 10.1 Å². The van der Waals surface area contributed by atoms with E-state index in [1.807, 2.05) is 20.9 Å². The number of amides is 1. The molecule has 144 valence electrons. The highest BCUT2D eigenvalue weighted by molar-refractivity contribution is 7.99. The van der Waals surface area contributed by atoms with Crippen molar-refractivity contribution in [1.29, 1.82) is 5.26 Å². The number of nitrogens with one attached hydrogen (secondary N) is 1. The summed E-state index contributed by atoms with van der Waals surface area (Å²) < 4.78 is 7.44. The zero-order valence-electron chi connectivity index (χ0n) is 15.7. The van der Waals surface area contributed by atoms with Crippen molar-refractivity contribution in [2.75, 3.05) is 5.75 Å². The molecule has 0 radical (unpaired) electrons. The van der Waals surface area contributed by atoms with E-state index >= 15 is 0 Å². The Kier molecular flexibility index (Phi) is 7.11. The van der Waals surface area contributed by atoms with Crippen LogP contribution in [0.3, 0.4) is 0 Å². The number of thioether (sulfide) groups is 1. The molecule has 0 bridgehead atoms. The van der Waals surface area contributed by atoms with Crippen molar-refractivity contribution in [3.05, 3.63) is 35.1 Å². The minimum absolute atomic E-state index is 0.00268. The first-order chi connectivity index (χ1) is 12.7. The molecule has 0 spiro atoms. The van der Waals surface area contributed by atoms with E-state index in [0.29, 0.717) is 21.8 Å². The quantitative estimate of drug-likeness (QED) is 0.675. The van der Waals surface area contributed by atoms with E-state index in [0.717, 1.165) is 0 Å². The van der Waals surface area contributed by atoms with Gasteiger partial charge in [0.15, 0.2) is 11.0 Å². The van der Waals surface area contributed by atoms with Gasteiger partial charge >= 0.3 is 0 Å². The van der Waals surface area contributed by atoms with Crippen molar-refractivity contribution < 1.29 is 9.53 Å². The molecule has 9 heteroatoms. The molecule has 0 saturated carbocycles. The van der Waals surface area contributed by atoms with Gasteiger partial charge in [0.2, 0.25) is 5.91 Å². The first kappa shape index (κ1) is 21.1. The SMILES string of the molecule is CC(C)[C@](C)(C#N)NC(=O)CSc1nnc(COc2ccc(Cl)cc2)n1C. The molecule has 1 amide bonds. The number of rotatable bonds is 8. The summed E-state index contributed by atoms with van der Waals surface area (Å²) in [4.78, 5) is 12.2. The highest BCUT2D eigenvalue weighted by atomic mass is 35.5. The summed E-state index contributed by atoms with van der Waals surface area (Å²) in [6.07, 6.45) is 0. The molecule has 7 nitrogen and oxygen atoms in total. The third-order valence-corrected chi connectivity index (χ3v) is 5.50. The molecule has 0 saturated heterocycles. The summed E-state index contributed by atoms with van der Waals surface area (Å²) in [5.41, 5.74) is -0.894. The summed E-state index contributed by atoms with van der Waals surface area (Å²) >= 11 is 7.11. The molecule has 1 aromatic heterocycles. The lowest BCUT2D eigenvalue weighted by molar-refractivity contribution is -0.120. The molecule has 0 fully saturated rings. The lowest BCUT2D eigenvalue weighted by Crippen LogP contribution is -2.49. The van der Waals surface area contributed by atoms with Gasteiger partial charge in [-0.3, -0.25) is 4.79 Å². The summed E-state index contributed by atoms with van der Waals surface area (Å²) in [5.74, 6) is 1.24. The molecule has 2 aromatic rings. The van der Waals surface area contributed by atoms with Gasteiger partial charge in [0.05, 0.1) is 11.8 Å². The fourth-order valence-electron chi connectivity index (χ4n) is 2.03. The van der Waals surface area contributed by atoms with Crippen LogP contribution in [0, 0.1) is 17.2 Å². The van der Waals surface area contributed by atoms with Gasteiger partial charge < -0.3 is 14.6 Å². The van der Waals surface area contributed by atoms with E-state index in [4.69, 9.17) is 16.3 Å². The lowest BCUT2D eigenvalue weighted by atomic mass is 9.90. The van der Waals surface area contributed by atoms with Gasteiger partial charge in [-0.1, -0.05) is 37.2 Å². The highest BCUT2D eigenvalue weighted by Crippen LogP contribution is 2.20. The Labute approximate surface area is 168 Å². The van der Waals surface area contributed by atoms with E-state index < -0.39 is 5.54 Å². The lowest BCUT2D eigenvalue weighted by Gasteiger charge is -2.27. The Morgan fingerprint density at radius 1 is 1.41 bits per heavy atom. The molecule has 0 aliphatic heterocycles. The Bertz CT molecular complexity index is 831. The molecule has 1 aromatic carbocycles. The van der Waals surface area contributed by atoms with Crippen LogP contribution < -0.4 is 10.1 Å². The van der Waals surface area contributed by atoms with Crippen molar-refractivity contribution in [3.8, 4) is 11.8 Å². The van der Waals surface area contributed by atoms with Crippen LogP contribution in [-0.4, -0.2) is 32.0 Å². The molecule has 1 atom stereocenters. The number of carbonyl (C=O) groups excluding carboxylic acids is 1. The normalized spacial score (nSPS) is 13.1. The fourth-order valence-corrected chi connectivity index (χ4v) is 2.89. The van der Waals surface area contributed by atoms with Crippen molar-refractivity contribution in [1.82, 2.24) is 20.1 Å². The van der Waals surface area contributed by atoms with Crippen molar-refractivity contribution in [2.24, 2.45) is 13.0 Å². The summed E-state index contributed by atoms with van der Waals surface area (Å²) in [6, 6.07) is 9.21. The maximum absolute atomic E-state index is 12.2. The number of ether oxygens (including phenoxy) is 1. The Hall–Kier alpha value is -2.24. The molecule has 1 heterocycles. The van der Waals surface area contributed by atoms with Crippen LogP contribution in [0.2, 0.25) is 5.02 Å². The van der Waals surface area contributed by atoms with Gasteiger partial charge in [-0.2, -0.15) is 5.26 Å². The second-order valence-electron chi connectivity index (χ2n) is 6.51. The van der Waals surface area contributed by atoms with Gasteiger partial charge in [0.25, 0.3) is 0 Å². The van der Waals surface area contributed by atoms with Gasteiger partial charge in [0, 0.05) is 12.1 Å². The average molecular weight is 408 g/mol. The monoisotopic (exact) mass is 407 g/mol. The Morgan fingerprint density at radius 2 is 2.07 bits per heavy atom. The van der Waals surface area contributed by atoms with Crippen LogP contribution in [0.15, 0.2) is 29.4 Å². The predicted molar refractivity (Wildman–Crippen MR) is 105 cm³/mol. The Morgan fingerprint density at radius 3 is 2.67 bits per heavy atom. The molecular formula is C18H22ClN5O2S. The number of nitrogens with zero attached hydrogens (tertiary/aromatic N) is 4. The fraction of sp³-hybridized carbons (Fsp3) is 0.444. The standard InChI is InChI=1S/C18H22ClN5O2S/c1-12(2)18(3,11-20)21-16(25)10-27-17-23-22-15(24(17)4)9-26-14-7-5-13(19)6-8-14/h5-8,12H,9-10H2,1-4H3,(H,21,25)/t18-/m0/s1. The minimum Gasteiger partial charge on any atom is -0.486 e. The number of nitriles is 1. The van der Waals surface area contributed by atoms with E-state index in [1.54, 1.807) is 35.8 Å². The van der Waals surface area contributed by atoms with E-state index in [2.05, 4.69) is 21.6 Å².